The Morgan fingerprint density at radius 3 is 2.56 bits per heavy atom. The molecular weight excluding hydrogens is 343 g/mol. The highest BCUT2D eigenvalue weighted by molar-refractivity contribution is 5.78. The smallest absolute Gasteiger partial charge is 0.234 e. The number of ether oxygens (including phenoxy) is 1. The largest absolute Gasteiger partial charge is 0.494 e. The summed E-state index contributed by atoms with van der Waals surface area (Å²) in [6, 6.07) is 15.3. The minimum Gasteiger partial charge on any atom is -0.494 e. The lowest BCUT2D eigenvalue weighted by Crippen LogP contribution is -2.41. The number of likely N-dealkylation sites (N-methyl/N-ethyl adjacent to an activating group) is 1. The Labute approximate surface area is 161 Å². The first-order valence-electron chi connectivity index (χ1n) is 9.39. The summed E-state index contributed by atoms with van der Waals surface area (Å²) in [5, 5.41) is 3.06. The van der Waals surface area contributed by atoms with Gasteiger partial charge in [0.2, 0.25) is 5.91 Å². The average Bonchev–Trinajstić information content (AvgIpc) is 2.66. The number of carbonyl (C=O) groups excluding carboxylic acids is 1. The fourth-order valence-corrected chi connectivity index (χ4v) is 2.97. The van der Waals surface area contributed by atoms with Crippen LogP contribution in [0.1, 0.15) is 31.4 Å². The molecule has 1 unspecified atom stereocenters. The first kappa shape index (κ1) is 20.9. The van der Waals surface area contributed by atoms with Gasteiger partial charge in [0, 0.05) is 12.6 Å². The van der Waals surface area contributed by atoms with Gasteiger partial charge in [-0.1, -0.05) is 43.3 Å². The average molecular weight is 372 g/mol. The van der Waals surface area contributed by atoms with Crippen molar-refractivity contribution in [1.29, 1.82) is 0 Å². The number of hydrogen-bond acceptors (Lipinski definition) is 3. The molecule has 0 saturated carbocycles. The second-order valence-corrected chi connectivity index (χ2v) is 6.77. The molecule has 0 saturated heterocycles. The van der Waals surface area contributed by atoms with Crippen LogP contribution in [0.5, 0.6) is 5.75 Å². The Kier molecular flexibility index (Phi) is 8.27. The van der Waals surface area contributed by atoms with E-state index in [0.717, 1.165) is 18.4 Å². The molecule has 1 amide bonds. The van der Waals surface area contributed by atoms with Crippen LogP contribution >= 0.6 is 0 Å². The Balaban J connectivity index is 1.80. The van der Waals surface area contributed by atoms with E-state index in [2.05, 4.69) is 17.4 Å². The molecule has 0 radical (unpaired) electrons. The minimum atomic E-state index is -0.384. The van der Waals surface area contributed by atoms with Crippen molar-refractivity contribution in [2.75, 3.05) is 20.2 Å². The number of amides is 1. The number of nitrogens with zero attached hydrogens (tertiary/aromatic N) is 1. The highest BCUT2D eigenvalue weighted by Crippen LogP contribution is 2.18. The second kappa shape index (κ2) is 10.7. The van der Waals surface area contributed by atoms with Crippen LogP contribution in [0.25, 0.3) is 0 Å². The van der Waals surface area contributed by atoms with Gasteiger partial charge in [-0.2, -0.15) is 0 Å². The molecule has 1 atom stereocenters. The van der Waals surface area contributed by atoms with Gasteiger partial charge in [0.15, 0.2) is 11.6 Å². The summed E-state index contributed by atoms with van der Waals surface area (Å²) >= 11 is 0. The van der Waals surface area contributed by atoms with E-state index in [4.69, 9.17) is 4.74 Å². The highest BCUT2D eigenvalue weighted by Gasteiger charge is 2.13. The molecule has 4 nitrogen and oxygen atoms in total. The lowest BCUT2D eigenvalue weighted by atomic mass is 10.1. The minimum absolute atomic E-state index is 0.00797. The van der Waals surface area contributed by atoms with Crippen molar-refractivity contribution in [3.05, 3.63) is 65.5 Å². The fourth-order valence-electron chi connectivity index (χ4n) is 2.97. The molecule has 2 aromatic rings. The number of methoxy groups -OCH3 is 1. The lowest BCUT2D eigenvalue weighted by Gasteiger charge is -2.22. The summed E-state index contributed by atoms with van der Waals surface area (Å²) < 4.78 is 18.8. The molecule has 2 aromatic carbocycles. The predicted molar refractivity (Wildman–Crippen MR) is 106 cm³/mol. The van der Waals surface area contributed by atoms with E-state index in [-0.39, 0.29) is 23.5 Å². The van der Waals surface area contributed by atoms with E-state index in [1.54, 1.807) is 6.07 Å². The van der Waals surface area contributed by atoms with Gasteiger partial charge in [-0.3, -0.25) is 9.69 Å². The Hall–Kier alpha value is -2.40. The van der Waals surface area contributed by atoms with Gasteiger partial charge in [0.05, 0.1) is 13.7 Å². The molecule has 0 heterocycles. The molecule has 2 rings (SSSR count). The molecule has 1 N–H and O–H groups in total. The normalized spacial score (nSPS) is 12.0. The van der Waals surface area contributed by atoms with Crippen LogP contribution in [0.4, 0.5) is 4.39 Å². The summed E-state index contributed by atoms with van der Waals surface area (Å²) in [7, 11) is 1.44. The van der Waals surface area contributed by atoms with Crippen LogP contribution in [0.3, 0.4) is 0 Å². The number of hydrogen-bond donors (Lipinski definition) is 1. The van der Waals surface area contributed by atoms with E-state index >= 15 is 0 Å². The second-order valence-electron chi connectivity index (χ2n) is 6.77. The number of rotatable bonds is 10. The third kappa shape index (κ3) is 7.02. The number of carbonyl (C=O) groups is 1. The lowest BCUT2D eigenvalue weighted by molar-refractivity contribution is -0.123. The molecule has 0 spiro atoms. The van der Waals surface area contributed by atoms with Gasteiger partial charge >= 0.3 is 0 Å². The predicted octanol–water partition coefficient (Wildman–Crippen LogP) is 3.79. The van der Waals surface area contributed by atoms with Crippen LogP contribution in [-0.4, -0.2) is 37.0 Å². The SMILES string of the molecule is CCN(CC(=O)NC(C)CCc1ccccc1)Cc1ccc(OC)c(F)c1. The molecule has 27 heavy (non-hydrogen) atoms. The maximum absolute atomic E-state index is 13.8. The molecule has 0 aromatic heterocycles. The van der Waals surface area contributed by atoms with Crippen LogP contribution < -0.4 is 10.1 Å². The standard InChI is InChI=1S/C22H29FN2O2/c1-4-25(15-19-12-13-21(27-3)20(23)14-19)16-22(26)24-17(2)10-11-18-8-6-5-7-9-18/h5-9,12-14,17H,4,10-11,15-16H2,1-3H3,(H,24,26). The number of halogens is 1. The summed E-state index contributed by atoms with van der Waals surface area (Å²) in [4.78, 5) is 14.3. The van der Waals surface area contributed by atoms with Crippen molar-refractivity contribution >= 4 is 5.91 Å². The van der Waals surface area contributed by atoms with Crippen molar-refractivity contribution in [3.63, 3.8) is 0 Å². The fraction of sp³-hybridized carbons (Fsp3) is 0.409. The zero-order valence-electron chi connectivity index (χ0n) is 16.4. The molecule has 0 aliphatic heterocycles. The Morgan fingerprint density at radius 2 is 1.93 bits per heavy atom. The van der Waals surface area contributed by atoms with Crippen molar-refractivity contribution in [2.24, 2.45) is 0 Å². The quantitative estimate of drug-likeness (QED) is 0.690. The molecule has 5 heteroatoms. The molecule has 146 valence electrons. The van der Waals surface area contributed by atoms with Crippen LogP contribution in [0.15, 0.2) is 48.5 Å². The maximum Gasteiger partial charge on any atom is 0.234 e. The van der Waals surface area contributed by atoms with Gasteiger partial charge in [0.1, 0.15) is 0 Å². The van der Waals surface area contributed by atoms with Gasteiger partial charge in [-0.25, -0.2) is 4.39 Å². The van der Waals surface area contributed by atoms with Crippen LogP contribution in [0.2, 0.25) is 0 Å². The van der Waals surface area contributed by atoms with Gasteiger partial charge in [-0.05, 0) is 49.6 Å². The molecule has 0 fully saturated rings. The summed E-state index contributed by atoms with van der Waals surface area (Å²) in [6.45, 7) is 5.53. The number of nitrogens with one attached hydrogen (secondary N) is 1. The third-order valence-corrected chi connectivity index (χ3v) is 4.55. The van der Waals surface area contributed by atoms with E-state index < -0.39 is 0 Å². The van der Waals surface area contributed by atoms with Gasteiger partial charge < -0.3 is 10.1 Å². The zero-order valence-corrected chi connectivity index (χ0v) is 16.4. The van der Waals surface area contributed by atoms with E-state index in [1.807, 2.05) is 43.0 Å². The number of aryl methyl sites for hydroxylation is 1. The third-order valence-electron chi connectivity index (χ3n) is 4.55. The summed E-state index contributed by atoms with van der Waals surface area (Å²) in [5.41, 5.74) is 2.09. The monoisotopic (exact) mass is 372 g/mol. The van der Waals surface area contributed by atoms with Crippen molar-refractivity contribution in [1.82, 2.24) is 10.2 Å². The first-order valence-corrected chi connectivity index (χ1v) is 9.39. The Bertz CT molecular complexity index is 722. The van der Waals surface area contributed by atoms with E-state index in [0.29, 0.717) is 19.6 Å². The molecular formula is C22H29FN2O2. The maximum atomic E-state index is 13.8. The van der Waals surface area contributed by atoms with Gasteiger partial charge in [0.25, 0.3) is 0 Å². The van der Waals surface area contributed by atoms with E-state index in [1.165, 1.54) is 18.7 Å². The molecule has 0 aliphatic rings. The number of benzene rings is 2. The van der Waals surface area contributed by atoms with Gasteiger partial charge in [-0.15, -0.1) is 0 Å². The Morgan fingerprint density at radius 1 is 1.19 bits per heavy atom. The highest BCUT2D eigenvalue weighted by atomic mass is 19.1. The zero-order chi connectivity index (χ0) is 19.6. The summed E-state index contributed by atoms with van der Waals surface area (Å²) in [6.07, 6.45) is 1.83. The van der Waals surface area contributed by atoms with Crippen molar-refractivity contribution < 1.29 is 13.9 Å². The summed E-state index contributed by atoms with van der Waals surface area (Å²) in [5.74, 6) is -0.164. The van der Waals surface area contributed by atoms with Crippen molar-refractivity contribution in [3.8, 4) is 5.75 Å². The topological polar surface area (TPSA) is 41.6 Å². The first-order chi connectivity index (χ1) is 13.0. The van der Waals surface area contributed by atoms with Crippen LogP contribution in [-0.2, 0) is 17.8 Å². The van der Waals surface area contributed by atoms with E-state index in [9.17, 15) is 9.18 Å². The van der Waals surface area contributed by atoms with Crippen molar-refractivity contribution in [2.45, 2.75) is 39.3 Å². The van der Waals surface area contributed by atoms with Crippen LogP contribution in [0, 0.1) is 5.82 Å². The molecule has 0 bridgehead atoms. The molecule has 0 aliphatic carbocycles.